The smallest absolute Gasteiger partial charge is 0.306 e. The van der Waals surface area contributed by atoms with Crippen LogP contribution in [0.25, 0.3) is 0 Å². The van der Waals surface area contributed by atoms with Gasteiger partial charge in [-0.05, 0) is 25.5 Å². The van der Waals surface area contributed by atoms with Gasteiger partial charge in [-0.2, -0.15) is 0 Å². The summed E-state index contributed by atoms with van der Waals surface area (Å²) < 4.78 is 4.79. The van der Waals surface area contributed by atoms with E-state index in [2.05, 4.69) is 0 Å². The van der Waals surface area contributed by atoms with Crippen molar-refractivity contribution >= 4 is 23.6 Å². The summed E-state index contributed by atoms with van der Waals surface area (Å²) in [6.45, 7) is 2.20. The standard InChI is InChI=1S/C10H12O3S/c1-2-13-10(12)6-5-8-3-4-9(7-11)14-8/h3-4,7H,2,5-6H2,1H3. The summed E-state index contributed by atoms with van der Waals surface area (Å²) in [5.41, 5.74) is 0. The molecule has 1 rings (SSSR count). The molecule has 0 radical (unpaired) electrons. The number of hydrogen-bond acceptors (Lipinski definition) is 4. The minimum Gasteiger partial charge on any atom is -0.466 e. The summed E-state index contributed by atoms with van der Waals surface area (Å²) in [6, 6.07) is 3.63. The molecule has 0 amide bonds. The number of ether oxygens (including phenoxy) is 1. The van der Waals surface area contributed by atoms with Crippen molar-refractivity contribution in [2.24, 2.45) is 0 Å². The molecule has 0 aliphatic heterocycles. The second-order valence-corrected chi connectivity index (χ2v) is 3.93. The quantitative estimate of drug-likeness (QED) is 0.554. The maximum atomic E-state index is 11.0. The lowest BCUT2D eigenvalue weighted by molar-refractivity contribution is -0.143. The van der Waals surface area contributed by atoms with E-state index in [9.17, 15) is 9.59 Å². The Balaban J connectivity index is 2.37. The summed E-state index contributed by atoms with van der Waals surface area (Å²) in [4.78, 5) is 23.1. The third-order valence-electron chi connectivity index (χ3n) is 1.68. The Bertz CT molecular complexity index is 317. The Labute approximate surface area is 86.7 Å². The highest BCUT2D eigenvalue weighted by molar-refractivity contribution is 7.13. The van der Waals surface area contributed by atoms with E-state index < -0.39 is 0 Å². The second kappa shape index (κ2) is 5.54. The van der Waals surface area contributed by atoms with Crippen LogP contribution in [0.5, 0.6) is 0 Å². The van der Waals surface area contributed by atoms with Gasteiger partial charge in [-0.3, -0.25) is 9.59 Å². The zero-order chi connectivity index (χ0) is 10.4. The monoisotopic (exact) mass is 212 g/mol. The van der Waals surface area contributed by atoms with Crippen LogP contribution in [0.15, 0.2) is 12.1 Å². The summed E-state index contributed by atoms with van der Waals surface area (Å²) in [5.74, 6) is -0.187. The Morgan fingerprint density at radius 2 is 2.36 bits per heavy atom. The fourth-order valence-corrected chi connectivity index (χ4v) is 1.88. The predicted octanol–water partition coefficient (Wildman–Crippen LogP) is 2.06. The van der Waals surface area contributed by atoms with Crippen molar-refractivity contribution < 1.29 is 14.3 Å². The van der Waals surface area contributed by atoms with E-state index >= 15 is 0 Å². The van der Waals surface area contributed by atoms with Crippen LogP contribution in [0.2, 0.25) is 0 Å². The first kappa shape index (κ1) is 10.9. The van der Waals surface area contributed by atoms with Gasteiger partial charge in [0.2, 0.25) is 0 Å². The summed E-state index contributed by atoms with van der Waals surface area (Å²) >= 11 is 1.42. The third-order valence-corrected chi connectivity index (χ3v) is 2.75. The molecule has 76 valence electrons. The number of esters is 1. The summed E-state index contributed by atoms with van der Waals surface area (Å²) in [5, 5.41) is 0. The van der Waals surface area contributed by atoms with Crippen LogP contribution >= 0.6 is 11.3 Å². The topological polar surface area (TPSA) is 43.4 Å². The van der Waals surface area contributed by atoms with Crippen LogP contribution in [0.1, 0.15) is 27.9 Å². The van der Waals surface area contributed by atoms with Gasteiger partial charge in [0.1, 0.15) is 0 Å². The third kappa shape index (κ3) is 3.30. The second-order valence-electron chi connectivity index (χ2n) is 2.73. The SMILES string of the molecule is CCOC(=O)CCc1ccc(C=O)s1. The lowest BCUT2D eigenvalue weighted by Gasteiger charge is -1.99. The number of thiophene rings is 1. The van der Waals surface area contributed by atoms with Crippen molar-refractivity contribution in [2.45, 2.75) is 19.8 Å². The van der Waals surface area contributed by atoms with Gasteiger partial charge < -0.3 is 4.74 Å². The molecule has 0 bridgehead atoms. The fraction of sp³-hybridized carbons (Fsp3) is 0.400. The van der Waals surface area contributed by atoms with E-state index in [1.807, 2.05) is 6.07 Å². The first-order chi connectivity index (χ1) is 6.76. The first-order valence-corrected chi connectivity index (χ1v) is 5.27. The maximum absolute atomic E-state index is 11.0. The number of aryl methyl sites for hydroxylation is 1. The number of carbonyl (C=O) groups excluding carboxylic acids is 2. The van der Waals surface area contributed by atoms with E-state index in [0.717, 1.165) is 11.2 Å². The molecular weight excluding hydrogens is 200 g/mol. The van der Waals surface area contributed by atoms with Crippen LogP contribution in [-0.2, 0) is 16.0 Å². The van der Waals surface area contributed by atoms with E-state index in [-0.39, 0.29) is 5.97 Å². The molecule has 0 N–H and O–H groups in total. The van der Waals surface area contributed by atoms with Crippen molar-refractivity contribution in [2.75, 3.05) is 6.61 Å². The van der Waals surface area contributed by atoms with Crippen molar-refractivity contribution in [1.29, 1.82) is 0 Å². The highest BCUT2D eigenvalue weighted by Gasteiger charge is 2.04. The highest BCUT2D eigenvalue weighted by Crippen LogP contribution is 2.16. The van der Waals surface area contributed by atoms with E-state index in [1.165, 1.54) is 11.3 Å². The molecule has 0 unspecified atom stereocenters. The molecule has 0 saturated carbocycles. The average Bonchev–Trinajstić information content (AvgIpc) is 2.63. The minimum absolute atomic E-state index is 0.187. The molecular formula is C10H12O3S. The number of carbonyl (C=O) groups is 2. The Hall–Kier alpha value is -1.16. The average molecular weight is 212 g/mol. The summed E-state index contributed by atoms with van der Waals surface area (Å²) in [7, 11) is 0. The van der Waals surface area contributed by atoms with Crippen LogP contribution in [-0.4, -0.2) is 18.9 Å². The van der Waals surface area contributed by atoms with Crippen molar-refractivity contribution in [3.8, 4) is 0 Å². The van der Waals surface area contributed by atoms with Gasteiger partial charge in [-0.25, -0.2) is 0 Å². The van der Waals surface area contributed by atoms with Gasteiger partial charge in [0.25, 0.3) is 0 Å². The summed E-state index contributed by atoms with van der Waals surface area (Å²) in [6.07, 6.45) is 1.85. The number of hydrogen-bond donors (Lipinski definition) is 0. The molecule has 0 atom stereocenters. The zero-order valence-corrected chi connectivity index (χ0v) is 8.80. The van der Waals surface area contributed by atoms with Crippen LogP contribution in [0.3, 0.4) is 0 Å². The van der Waals surface area contributed by atoms with Crippen molar-refractivity contribution in [3.05, 3.63) is 21.9 Å². The predicted molar refractivity (Wildman–Crippen MR) is 54.7 cm³/mol. The van der Waals surface area contributed by atoms with Crippen LogP contribution in [0, 0.1) is 0 Å². The molecule has 4 heteroatoms. The normalized spacial score (nSPS) is 9.79. The van der Waals surface area contributed by atoms with E-state index in [4.69, 9.17) is 4.74 Å². The van der Waals surface area contributed by atoms with Crippen LogP contribution in [0.4, 0.5) is 0 Å². The molecule has 0 aliphatic rings. The Morgan fingerprint density at radius 1 is 1.57 bits per heavy atom. The Morgan fingerprint density at radius 3 is 2.93 bits per heavy atom. The van der Waals surface area contributed by atoms with Crippen LogP contribution < -0.4 is 0 Å². The van der Waals surface area contributed by atoms with Gasteiger partial charge in [0.15, 0.2) is 6.29 Å². The zero-order valence-electron chi connectivity index (χ0n) is 7.99. The van der Waals surface area contributed by atoms with E-state index in [1.54, 1.807) is 13.0 Å². The molecule has 1 aromatic heterocycles. The number of aldehydes is 1. The molecule has 0 spiro atoms. The van der Waals surface area contributed by atoms with Gasteiger partial charge >= 0.3 is 5.97 Å². The molecule has 0 aromatic carbocycles. The molecule has 0 fully saturated rings. The fourth-order valence-electron chi connectivity index (χ4n) is 1.05. The highest BCUT2D eigenvalue weighted by atomic mass is 32.1. The minimum atomic E-state index is -0.187. The van der Waals surface area contributed by atoms with Gasteiger partial charge in [-0.1, -0.05) is 0 Å². The molecule has 14 heavy (non-hydrogen) atoms. The molecule has 0 aliphatic carbocycles. The first-order valence-electron chi connectivity index (χ1n) is 4.45. The largest absolute Gasteiger partial charge is 0.466 e. The van der Waals surface area contributed by atoms with Gasteiger partial charge in [0, 0.05) is 4.88 Å². The molecule has 0 saturated heterocycles. The lowest BCUT2D eigenvalue weighted by atomic mass is 10.2. The van der Waals surface area contributed by atoms with E-state index in [0.29, 0.717) is 24.3 Å². The van der Waals surface area contributed by atoms with Crippen molar-refractivity contribution in [3.63, 3.8) is 0 Å². The Kier molecular flexibility index (Phi) is 4.32. The maximum Gasteiger partial charge on any atom is 0.306 e. The number of rotatable bonds is 5. The molecule has 1 aromatic rings. The van der Waals surface area contributed by atoms with Gasteiger partial charge in [-0.15, -0.1) is 11.3 Å². The molecule has 1 heterocycles. The van der Waals surface area contributed by atoms with Gasteiger partial charge in [0.05, 0.1) is 17.9 Å². The lowest BCUT2D eigenvalue weighted by Crippen LogP contribution is -2.04. The van der Waals surface area contributed by atoms with Crippen molar-refractivity contribution in [1.82, 2.24) is 0 Å². The molecule has 3 nitrogen and oxygen atoms in total.